The molecule has 122 valence electrons. The van der Waals surface area contributed by atoms with Crippen LogP contribution in [-0.4, -0.2) is 45.3 Å². The number of nitrogens with zero attached hydrogens (tertiary/aromatic N) is 4. The van der Waals surface area contributed by atoms with Crippen LogP contribution in [0.5, 0.6) is 5.75 Å². The number of ether oxygens (including phenoxy) is 1. The minimum Gasteiger partial charge on any atom is -0.494 e. The van der Waals surface area contributed by atoms with Gasteiger partial charge in [0.25, 0.3) is 5.91 Å². The molecule has 3 rings (SSSR count). The molecule has 1 amide bonds. The summed E-state index contributed by atoms with van der Waals surface area (Å²) in [6.45, 7) is 5.97. The van der Waals surface area contributed by atoms with E-state index in [9.17, 15) is 4.79 Å². The summed E-state index contributed by atoms with van der Waals surface area (Å²) in [5.74, 6) is 0.832. The number of rotatable bonds is 4. The Bertz CT molecular complexity index is 669. The van der Waals surface area contributed by atoms with Crippen LogP contribution < -0.4 is 4.74 Å². The normalized spacial score (nSPS) is 18.0. The van der Waals surface area contributed by atoms with Gasteiger partial charge in [0.1, 0.15) is 18.4 Å². The maximum Gasteiger partial charge on any atom is 0.254 e. The summed E-state index contributed by atoms with van der Waals surface area (Å²) in [6.07, 6.45) is 5.25. The highest BCUT2D eigenvalue weighted by Crippen LogP contribution is 2.24. The van der Waals surface area contributed by atoms with E-state index in [1.54, 1.807) is 6.33 Å². The van der Waals surface area contributed by atoms with Gasteiger partial charge in [0, 0.05) is 18.7 Å². The molecule has 0 bridgehead atoms. The van der Waals surface area contributed by atoms with Crippen molar-refractivity contribution in [1.82, 2.24) is 19.7 Å². The van der Waals surface area contributed by atoms with E-state index < -0.39 is 0 Å². The lowest BCUT2D eigenvalue weighted by atomic mass is 10.0. The Labute approximate surface area is 136 Å². The van der Waals surface area contributed by atoms with Crippen LogP contribution in [0.15, 0.2) is 30.9 Å². The summed E-state index contributed by atoms with van der Waals surface area (Å²) >= 11 is 0. The van der Waals surface area contributed by atoms with Gasteiger partial charge in [0.2, 0.25) is 0 Å². The predicted octanol–water partition coefficient (Wildman–Crippen LogP) is 2.46. The van der Waals surface area contributed by atoms with Crippen molar-refractivity contribution in [3.63, 3.8) is 0 Å². The number of likely N-dealkylation sites (tertiary alicyclic amines) is 1. The molecule has 1 saturated heterocycles. The average molecular weight is 314 g/mol. The maximum absolute atomic E-state index is 12.8. The van der Waals surface area contributed by atoms with Gasteiger partial charge in [-0.1, -0.05) is 6.07 Å². The molecule has 2 heterocycles. The second-order valence-corrected chi connectivity index (χ2v) is 5.84. The number of aromatic nitrogens is 3. The molecule has 1 atom stereocenters. The Morgan fingerprint density at radius 1 is 1.43 bits per heavy atom. The van der Waals surface area contributed by atoms with E-state index in [0.29, 0.717) is 18.7 Å². The number of carbonyl (C=O) groups is 1. The Hall–Kier alpha value is -2.37. The zero-order valence-corrected chi connectivity index (χ0v) is 13.6. The molecule has 0 saturated carbocycles. The van der Waals surface area contributed by atoms with Crippen molar-refractivity contribution in [2.45, 2.75) is 32.7 Å². The van der Waals surface area contributed by atoms with Gasteiger partial charge in [-0.05, 0) is 44.4 Å². The van der Waals surface area contributed by atoms with Crippen molar-refractivity contribution in [3.05, 3.63) is 42.0 Å². The predicted molar refractivity (Wildman–Crippen MR) is 86.5 cm³/mol. The van der Waals surface area contributed by atoms with Gasteiger partial charge >= 0.3 is 0 Å². The van der Waals surface area contributed by atoms with Gasteiger partial charge in [0.15, 0.2) is 0 Å². The second-order valence-electron chi connectivity index (χ2n) is 5.84. The van der Waals surface area contributed by atoms with Crippen LogP contribution in [0.25, 0.3) is 0 Å². The van der Waals surface area contributed by atoms with E-state index in [4.69, 9.17) is 4.74 Å². The summed E-state index contributed by atoms with van der Waals surface area (Å²) in [4.78, 5) is 18.7. The first-order valence-corrected chi connectivity index (χ1v) is 8.06. The van der Waals surface area contributed by atoms with Crippen LogP contribution >= 0.6 is 0 Å². The molecule has 0 N–H and O–H groups in total. The van der Waals surface area contributed by atoms with Gasteiger partial charge in [-0.2, -0.15) is 5.10 Å². The average Bonchev–Trinajstić information content (AvgIpc) is 3.11. The highest BCUT2D eigenvalue weighted by molar-refractivity contribution is 5.94. The lowest BCUT2D eigenvalue weighted by molar-refractivity contribution is 0.0672. The van der Waals surface area contributed by atoms with E-state index >= 15 is 0 Å². The summed E-state index contributed by atoms with van der Waals surface area (Å²) < 4.78 is 7.45. The molecule has 1 aromatic carbocycles. The van der Waals surface area contributed by atoms with Crippen LogP contribution in [-0.2, 0) is 0 Å². The first kappa shape index (κ1) is 15.5. The van der Waals surface area contributed by atoms with Crippen molar-refractivity contribution in [3.8, 4) is 5.75 Å². The van der Waals surface area contributed by atoms with Gasteiger partial charge in [-0.3, -0.25) is 4.79 Å². The molecule has 0 unspecified atom stereocenters. The van der Waals surface area contributed by atoms with E-state index in [1.165, 1.54) is 6.33 Å². The van der Waals surface area contributed by atoms with Crippen molar-refractivity contribution >= 4 is 5.91 Å². The monoisotopic (exact) mass is 314 g/mol. The largest absolute Gasteiger partial charge is 0.494 e. The quantitative estimate of drug-likeness (QED) is 0.870. The van der Waals surface area contributed by atoms with Crippen molar-refractivity contribution < 1.29 is 9.53 Å². The van der Waals surface area contributed by atoms with Crippen molar-refractivity contribution in [2.24, 2.45) is 0 Å². The summed E-state index contributed by atoms with van der Waals surface area (Å²) in [6, 6.07) is 5.86. The number of carbonyl (C=O) groups excluding carboxylic acids is 1. The third kappa shape index (κ3) is 3.36. The Kier molecular flexibility index (Phi) is 4.60. The standard InChI is InChI=1S/C17H22N4O2/c1-3-23-16-9-14(7-6-13(16)2)17(22)20-8-4-5-15(10-20)21-12-18-11-19-21/h6-7,9,11-12,15H,3-5,8,10H2,1-2H3/t15-/m0/s1. The third-order valence-electron chi connectivity index (χ3n) is 4.23. The van der Waals surface area contributed by atoms with E-state index in [2.05, 4.69) is 10.1 Å². The lowest BCUT2D eigenvalue weighted by Gasteiger charge is -2.32. The Morgan fingerprint density at radius 2 is 2.30 bits per heavy atom. The zero-order chi connectivity index (χ0) is 16.2. The molecule has 0 radical (unpaired) electrons. The molecular formula is C17H22N4O2. The highest BCUT2D eigenvalue weighted by atomic mass is 16.5. The molecule has 1 aliphatic heterocycles. The molecule has 2 aromatic rings. The molecule has 6 heteroatoms. The van der Waals surface area contributed by atoms with Gasteiger partial charge in [-0.25, -0.2) is 9.67 Å². The van der Waals surface area contributed by atoms with Crippen LogP contribution in [0.1, 0.15) is 41.7 Å². The fraction of sp³-hybridized carbons (Fsp3) is 0.471. The Balaban J connectivity index is 1.76. The van der Waals surface area contributed by atoms with Gasteiger partial charge in [0.05, 0.1) is 12.6 Å². The summed E-state index contributed by atoms with van der Waals surface area (Å²) in [5, 5.41) is 4.20. The number of amides is 1. The van der Waals surface area contributed by atoms with Crippen LogP contribution in [0.4, 0.5) is 0 Å². The Morgan fingerprint density at radius 3 is 3.04 bits per heavy atom. The first-order chi connectivity index (χ1) is 11.2. The minimum atomic E-state index is 0.0516. The molecule has 23 heavy (non-hydrogen) atoms. The summed E-state index contributed by atoms with van der Waals surface area (Å²) in [7, 11) is 0. The number of hydrogen-bond acceptors (Lipinski definition) is 4. The van der Waals surface area contributed by atoms with Crippen LogP contribution in [0.3, 0.4) is 0 Å². The third-order valence-corrected chi connectivity index (χ3v) is 4.23. The topological polar surface area (TPSA) is 60.2 Å². The first-order valence-electron chi connectivity index (χ1n) is 8.06. The molecule has 1 aromatic heterocycles. The number of benzene rings is 1. The number of aryl methyl sites for hydroxylation is 1. The van der Waals surface area contributed by atoms with Crippen molar-refractivity contribution in [2.75, 3.05) is 19.7 Å². The second kappa shape index (κ2) is 6.81. The number of piperidine rings is 1. The molecule has 1 aliphatic rings. The minimum absolute atomic E-state index is 0.0516. The highest BCUT2D eigenvalue weighted by Gasteiger charge is 2.26. The molecular weight excluding hydrogens is 292 g/mol. The van der Waals surface area contributed by atoms with E-state index in [-0.39, 0.29) is 11.9 Å². The van der Waals surface area contributed by atoms with Gasteiger partial charge < -0.3 is 9.64 Å². The SMILES string of the molecule is CCOc1cc(C(=O)N2CCC[C@H](n3cncn3)C2)ccc1C. The number of hydrogen-bond donors (Lipinski definition) is 0. The molecule has 1 fully saturated rings. The van der Waals surface area contributed by atoms with Crippen LogP contribution in [0.2, 0.25) is 0 Å². The fourth-order valence-electron chi connectivity index (χ4n) is 2.99. The molecule has 0 spiro atoms. The van der Waals surface area contributed by atoms with Gasteiger partial charge in [-0.15, -0.1) is 0 Å². The summed E-state index contributed by atoms with van der Waals surface area (Å²) in [5.41, 5.74) is 1.72. The molecule has 0 aliphatic carbocycles. The zero-order valence-electron chi connectivity index (χ0n) is 13.6. The van der Waals surface area contributed by atoms with E-state index in [0.717, 1.165) is 30.7 Å². The van der Waals surface area contributed by atoms with Crippen molar-refractivity contribution in [1.29, 1.82) is 0 Å². The fourth-order valence-corrected chi connectivity index (χ4v) is 2.99. The maximum atomic E-state index is 12.8. The van der Waals surface area contributed by atoms with E-state index in [1.807, 2.05) is 41.6 Å². The smallest absolute Gasteiger partial charge is 0.254 e. The molecule has 6 nitrogen and oxygen atoms in total. The lowest BCUT2D eigenvalue weighted by Crippen LogP contribution is -2.40. The van der Waals surface area contributed by atoms with Crippen LogP contribution in [0, 0.1) is 6.92 Å².